The summed E-state index contributed by atoms with van der Waals surface area (Å²) in [5, 5.41) is 0. The number of rotatable bonds is 6. The van der Waals surface area contributed by atoms with Crippen LogP contribution in [0.25, 0.3) is 0 Å². The first kappa shape index (κ1) is 15.5. The van der Waals surface area contributed by atoms with Crippen LogP contribution in [0.1, 0.15) is 11.1 Å². The Hall–Kier alpha value is -1.85. The van der Waals surface area contributed by atoms with E-state index in [9.17, 15) is 4.21 Å². The van der Waals surface area contributed by atoms with Crippen LogP contribution in [0.3, 0.4) is 0 Å². The molecule has 0 aromatic heterocycles. The van der Waals surface area contributed by atoms with Gasteiger partial charge < -0.3 is 15.2 Å². The number of benzene rings is 2. The molecule has 0 bridgehead atoms. The van der Waals surface area contributed by atoms with E-state index in [1.54, 1.807) is 14.2 Å². The van der Waals surface area contributed by atoms with Gasteiger partial charge >= 0.3 is 0 Å². The molecule has 2 aromatic carbocycles. The Morgan fingerprint density at radius 3 is 2.43 bits per heavy atom. The van der Waals surface area contributed by atoms with E-state index < -0.39 is 10.8 Å². The summed E-state index contributed by atoms with van der Waals surface area (Å²) in [5.74, 6) is 1.81. The molecule has 2 aromatic rings. The Kier molecular flexibility index (Phi) is 5.36. The molecule has 1 unspecified atom stereocenters. The fourth-order valence-corrected chi connectivity index (χ4v) is 3.36. The molecule has 1 atom stereocenters. The highest BCUT2D eigenvalue weighted by Gasteiger charge is 2.12. The van der Waals surface area contributed by atoms with Crippen LogP contribution in [0.2, 0.25) is 0 Å². The van der Waals surface area contributed by atoms with E-state index in [-0.39, 0.29) is 0 Å². The molecule has 5 heteroatoms. The van der Waals surface area contributed by atoms with Gasteiger partial charge in [0.2, 0.25) is 0 Å². The van der Waals surface area contributed by atoms with Crippen molar-refractivity contribution in [1.82, 2.24) is 0 Å². The first-order chi connectivity index (χ1) is 10.2. The number of para-hydroxylation sites is 1. The minimum Gasteiger partial charge on any atom is -0.496 e. The average molecular weight is 305 g/mol. The number of methoxy groups -OCH3 is 2. The van der Waals surface area contributed by atoms with E-state index in [1.807, 2.05) is 42.5 Å². The minimum absolute atomic E-state index is 0.387. The molecule has 112 valence electrons. The van der Waals surface area contributed by atoms with Gasteiger partial charge in [-0.25, -0.2) is 0 Å². The Balaban J connectivity index is 2.23. The molecule has 0 aliphatic heterocycles. The van der Waals surface area contributed by atoms with Crippen LogP contribution in [0.5, 0.6) is 11.5 Å². The van der Waals surface area contributed by atoms with Crippen molar-refractivity contribution >= 4 is 10.8 Å². The first-order valence-corrected chi connectivity index (χ1v) is 7.88. The van der Waals surface area contributed by atoms with Gasteiger partial charge in [-0.2, -0.15) is 0 Å². The van der Waals surface area contributed by atoms with E-state index in [4.69, 9.17) is 15.2 Å². The molecular formula is C16H19NO3S. The van der Waals surface area contributed by atoms with Crippen LogP contribution in [0.4, 0.5) is 0 Å². The lowest BCUT2D eigenvalue weighted by Crippen LogP contribution is -2.03. The number of hydrogen-bond donors (Lipinski definition) is 1. The van der Waals surface area contributed by atoms with Gasteiger partial charge in [-0.05, 0) is 29.8 Å². The fraction of sp³-hybridized carbons (Fsp3) is 0.250. The second-order valence-corrected chi connectivity index (χ2v) is 5.91. The molecule has 4 nitrogen and oxygen atoms in total. The lowest BCUT2D eigenvalue weighted by atomic mass is 10.1. The Bertz CT molecular complexity index is 643. The maximum absolute atomic E-state index is 12.5. The number of ether oxygens (including phenoxy) is 2. The first-order valence-electron chi connectivity index (χ1n) is 6.56. The van der Waals surface area contributed by atoms with Crippen molar-refractivity contribution in [2.75, 3.05) is 14.2 Å². The highest BCUT2D eigenvalue weighted by molar-refractivity contribution is 7.84. The van der Waals surface area contributed by atoms with Crippen LogP contribution in [-0.4, -0.2) is 18.4 Å². The molecule has 0 amide bonds. The van der Waals surface area contributed by atoms with E-state index in [1.165, 1.54) is 0 Å². The predicted molar refractivity (Wildman–Crippen MR) is 84.0 cm³/mol. The van der Waals surface area contributed by atoms with Crippen molar-refractivity contribution in [3.8, 4) is 11.5 Å². The van der Waals surface area contributed by atoms with Crippen LogP contribution >= 0.6 is 0 Å². The zero-order valence-electron chi connectivity index (χ0n) is 12.2. The minimum atomic E-state index is -1.17. The highest BCUT2D eigenvalue weighted by Crippen LogP contribution is 2.25. The predicted octanol–water partition coefficient (Wildman–Crippen LogP) is 2.47. The maximum atomic E-state index is 12.5. The summed E-state index contributed by atoms with van der Waals surface area (Å²) in [7, 11) is 2.02. The second kappa shape index (κ2) is 7.24. The summed E-state index contributed by atoms with van der Waals surface area (Å²) >= 11 is 0. The third-order valence-electron chi connectivity index (χ3n) is 3.18. The van der Waals surface area contributed by atoms with Crippen molar-refractivity contribution in [2.24, 2.45) is 5.73 Å². The third kappa shape index (κ3) is 3.62. The summed E-state index contributed by atoms with van der Waals surface area (Å²) < 4.78 is 23.0. The third-order valence-corrected chi connectivity index (χ3v) is 4.60. The number of nitrogens with two attached hydrogens (primary N) is 1. The summed E-state index contributed by atoms with van der Waals surface area (Å²) in [6.45, 7) is 0.387. The lowest BCUT2D eigenvalue weighted by molar-refractivity contribution is 0.404. The van der Waals surface area contributed by atoms with Crippen LogP contribution in [0, 0.1) is 0 Å². The molecular weight excluding hydrogens is 286 g/mol. The number of hydrogen-bond acceptors (Lipinski definition) is 4. The van der Waals surface area contributed by atoms with Gasteiger partial charge in [0.1, 0.15) is 11.5 Å². The molecule has 0 aliphatic carbocycles. The summed E-state index contributed by atoms with van der Waals surface area (Å²) in [6, 6.07) is 13.1. The second-order valence-electron chi connectivity index (χ2n) is 4.49. The molecule has 2 N–H and O–H groups in total. The van der Waals surface area contributed by atoms with Gasteiger partial charge in [0.15, 0.2) is 0 Å². The molecule has 0 fully saturated rings. The Morgan fingerprint density at radius 2 is 1.76 bits per heavy atom. The van der Waals surface area contributed by atoms with Gasteiger partial charge in [-0.15, -0.1) is 0 Å². The summed E-state index contributed by atoms with van der Waals surface area (Å²) in [4.78, 5) is 0.699. The van der Waals surface area contributed by atoms with Gasteiger partial charge in [0.05, 0.1) is 35.7 Å². The fourth-order valence-electron chi connectivity index (χ4n) is 2.12. The zero-order valence-corrected chi connectivity index (χ0v) is 13.0. The Labute approximate surface area is 127 Å². The standard InChI is InChI=1S/C16H19NO3S/c1-19-14-8-7-12(9-13(14)10-17)11-21(18)16-6-4-3-5-15(16)20-2/h3-9H,10-11,17H2,1-2H3. The van der Waals surface area contributed by atoms with Crippen LogP contribution in [-0.2, 0) is 23.1 Å². The van der Waals surface area contributed by atoms with Crippen molar-refractivity contribution in [2.45, 2.75) is 17.2 Å². The van der Waals surface area contributed by atoms with E-state index in [0.717, 1.165) is 16.9 Å². The molecule has 2 rings (SSSR count). The summed E-state index contributed by atoms with van der Waals surface area (Å²) in [6.07, 6.45) is 0. The monoisotopic (exact) mass is 305 g/mol. The van der Waals surface area contributed by atoms with Crippen molar-refractivity contribution in [3.05, 3.63) is 53.6 Å². The van der Waals surface area contributed by atoms with Crippen molar-refractivity contribution < 1.29 is 13.7 Å². The molecule has 0 spiro atoms. The zero-order chi connectivity index (χ0) is 15.2. The van der Waals surface area contributed by atoms with Gasteiger partial charge in [0, 0.05) is 12.1 Å². The smallest absolute Gasteiger partial charge is 0.134 e. The van der Waals surface area contributed by atoms with Gasteiger partial charge in [-0.3, -0.25) is 4.21 Å². The highest BCUT2D eigenvalue weighted by atomic mass is 32.2. The molecule has 0 saturated heterocycles. The lowest BCUT2D eigenvalue weighted by Gasteiger charge is -2.11. The largest absolute Gasteiger partial charge is 0.496 e. The van der Waals surface area contributed by atoms with Crippen LogP contribution < -0.4 is 15.2 Å². The molecule has 0 radical (unpaired) electrons. The molecule has 0 saturated carbocycles. The van der Waals surface area contributed by atoms with E-state index in [0.29, 0.717) is 22.9 Å². The topological polar surface area (TPSA) is 61.5 Å². The SMILES string of the molecule is COc1ccc(CS(=O)c2ccccc2OC)cc1CN. The van der Waals surface area contributed by atoms with Crippen molar-refractivity contribution in [3.63, 3.8) is 0 Å². The average Bonchev–Trinajstić information content (AvgIpc) is 2.54. The van der Waals surface area contributed by atoms with E-state index >= 15 is 0 Å². The van der Waals surface area contributed by atoms with E-state index in [2.05, 4.69) is 0 Å². The quantitative estimate of drug-likeness (QED) is 0.890. The Morgan fingerprint density at radius 1 is 1.05 bits per heavy atom. The summed E-state index contributed by atoms with van der Waals surface area (Å²) in [5.41, 5.74) is 7.57. The molecule has 0 heterocycles. The maximum Gasteiger partial charge on any atom is 0.134 e. The molecule has 0 aliphatic rings. The van der Waals surface area contributed by atoms with Crippen LogP contribution in [0.15, 0.2) is 47.4 Å². The van der Waals surface area contributed by atoms with Crippen molar-refractivity contribution in [1.29, 1.82) is 0 Å². The van der Waals surface area contributed by atoms with Gasteiger partial charge in [-0.1, -0.05) is 18.2 Å². The molecule has 21 heavy (non-hydrogen) atoms. The normalized spacial score (nSPS) is 12.0. The van der Waals surface area contributed by atoms with Gasteiger partial charge in [0.25, 0.3) is 0 Å².